The fourth-order valence-electron chi connectivity index (χ4n) is 3.14. The van der Waals surface area contributed by atoms with Crippen molar-refractivity contribution in [2.75, 3.05) is 44.2 Å². The van der Waals surface area contributed by atoms with E-state index in [9.17, 15) is 10.2 Å². The molecule has 0 spiro atoms. The van der Waals surface area contributed by atoms with Crippen molar-refractivity contribution >= 4 is 5.69 Å². The highest BCUT2D eigenvalue weighted by Gasteiger charge is 2.20. The third-order valence-electron chi connectivity index (χ3n) is 4.49. The Balaban J connectivity index is 1.38. The molecule has 5 heteroatoms. The average Bonchev–Trinajstić information content (AvgIpc) is 2.64. The SMILES string of the molecule is Oc1ccccc1N1CCN(C[C@@H](O)COCc2ccccc2)CC1. The standard InChI is InChI=1S/C20H26N2O3/c23-18(16-25-15-17-6-2-1-3-7-17)14-21-10-12-22(13-11-21)19-8-4-5-9-20(19)24/h1-9,18,23-24H,10-16H2/t18-/m1/s1. The van der Waals surface area contributed by atoms with Crippen molar-refractivity contribution in [1.29, 1.82) is 0 Å². The molecule has 1 atom stereocenters. The van der Waals surface area contributed by atoms with Crippen LogP contribution in [0.25, 0.3) is 0 Å². The normalized spacial score (nSPS) is 16.8. The number of piperazine rings is 1. The number of hydrogen-bond donors (Lipinski definition) is 2. The van der Waals surface area contributed by atoms with Crippen LogP contribution in [-0.2, 0) is 11.3 Å². The van der Waals surface area contributed by atoms with Crippen LogP contribution in [0, 0.1) is 0 Å². The predicted octanol–water partition coefficient (Wildman–Crippen LogP) is 2.09. The average molecular weight is 342 g/mol. The Kier molecular flexibility index (Phi) is 6.28. The van der Waals surface area contributed by atoms with Crippen molar-refractivity contribution in [1.82, 2.24) is 4.90 Å². The lowest BCUT2D eigenvalue weighted by Crippen LogP contribution is -2.49. The van der Waals surface area contributed by atoms with E-state index in [2.05, 4.69) is 9.80 Å². The first-order chi connectivity index (χ1) is 12.2. The van der Waals surface area contributed by atoms with Gasteiger partial charge in [0.05, 0.1) is 25.0 Å². The lowest BCUT2D eigenvalue weighted by Gasteiger charge is -2.37. The smallest absolute Gasteiger partial charge is 0.138 e. The van der Waals surface area contributed by atoms with Crippen molar-refractivity contribution in [2.24, 2.45) is 0 Å². The lowest BCUT2D eigenvalue weighted by atomic mass is 10.2. The number of hydrogen-bond acceptors (Lipinski definition) is 5. The minimum Gasteiger partial charge on any atom is -0.506 e. The van der Waals surface area contributed by atoms with Gasteiger partial charge in [0.25, 0.3) is 0 Å². The molecule has 1 saturated heterocycles. The molecule has 1 fully saturated rings. The Hall–Kier alpha value is -2.08. The van der Waals surface area contributed by atoms with Crippen LogP contribution >= 0.6 is 0 Å². The summed E-state index contributed by atoms with van der Waals surface area (Å²) in [4.78, 5) is 4.43. The Morgan fingerprint density at radius 2 is 1.60 bits per heavy atom. The topological polar surface area (TPSA) is 56.2 Å². The number of benzene rings is 2. The van der Waals surface area contributed by atoms with Gasteiger partial charge < -0.3 is 19.8 Å². The van der Waals surface area contributed by atoms with Crippen molar-refractivity contribution in [2.45, 2.75) is 12.7 Å². The van der Waals surface area contributed by atoms with Crippen LogP contribution in [0.5, 0.6) is 5.75 Å². The van der Waals surface area contributed by atoms with Gasteiger partial charge in [0.2, 0.25) is 0 Å². The van der Waals surface area contributed by atoms with Gasteiger partial charge in [0.15, 0.2) is 0 Å². The summed E-state index contributed by atoms with van der Waals surface area (Å²) in [6, 6.07) is 17.4. The van der Waals surface area contributed by atoms with Crippen LogP contribution < -0.4 is 4.90 Å². The number of phenols is 1. The first kappa shape index (κ1) is 17.7. The predicted molar refractivity (Wildman–Crippen MR) is 98.9 cm³/mol. The highest BCUT2D eigenvalue weighted by atomic mass is 16.5. The quantitative estimate of drug-likeness (QED) is 0.807. The van der Waals surface area contributed by atoms with E-state index >= 15 is 0 Å². The zero-order valence-corrected chi connectivity index (χ0v) is 14.4. The molecule has 0 aromatic heterocycles. The second kappa shape index (κ2) is 8.85. The number of β-amino-alcohol motifs (C(OH)–C–C–N with tert-alkyl or cyclic N) is 1. The molecule has 1 aliphatic heterocycles. The summed E-state index contributed by atoms with van der Waals surface area (Å²) in [5.74, 6) is 0.324. The summed E-state index contributed by atoms with van der Waals surface area (Å²) < 4.78 is 5.61. The molecule has 0 radical (unpaired) electrons. The van der Waals surface area contributed by atoms with E-state index < -0.39 is 6.10 Å². The fraction of sp³-hybridized carbons (Fsp3) is 0.400. The second-order valence-electron chi connectivity index (χ2n) is 6.43. The molecule has 0 amide bonds. The van der Waals surface area contributed by atoms with E-state index in [1.807, 2.05) is 48.5 Å². The van der Waals surface area contributed by atoms with Crippen LogP contribution in [-0.4, -0.2) is 60.5 Å². The van der Waals surface area contributed by atoms with Gasteiger partial charge >= 0.3 is 0 Å². The summed E-state index contributed by atoms with van der Waals surface area (Å²) in [5.41, 5.74) is 2.00. The molecule has 1 heterocycles. The minimum atomic E-state index is -0.486. The largest absolute Gasteiger partial charge is 0.506 e. The van der Waals surface area contributed by atoms with E-state index in [1.54, 1.807) is 6.07 Å². The molecule has 134 valence electrons. The summed E-state index contributed by atoms with van der Waals surface area (Å²) in [6.45, 7) is 4.90. The second-order valence-corrected chi connectivity index (χ2v) is 6.43. The summed E-state index contributed by atoms with van der Waals surface area (Å²) in [6.07, 6.45) is -0.486. The van der Waals surface area contributed by atoms with Crippen LogP contribution in [0.3, 0.4) is 0 Å². The lowest BCUT2D eigenvalue weighted by molar-refractivity contribution is 0.00913. The van der Waals surface area contributed by atoms with Gasteiger partial charge in [-0.2, -0.15) is 0 Å². The zero-order valence-electron chi connectivity index (χ0n) is 14.4. The van der Waals surface area contributed by atoms with Gasteiger partial charge in [-0.1, -0.05) is 42.5 Å². The summed E-state index contributed by atoms with van der Waals surface area (Å²) >= 11 is 0. The number of anilines is 1. The molecule has 5 nitrogen and oxygen atoms in total. The van der Waals surface area contributed by atoms with Crippen molar-refractivity contribution in [3.05, 3.63) is 60.2 Å². The summed E-state index contributed by atoms with van der Waals surface area (Å²) in [7, 11) is 0. The van der Waals surface area contributed by atoms with Crippen molar-refractivity contribution in [3.8, 4) is 5.75 Å². The maximum absolute atomic E-state index is 10.2. The van der Waals surface area contributed by atoms with Crippen LogP contribution in [0.15, 0.2) is 54.6 Å². The first-order valence-electron chi connectivity index (χ1n) is 8.77. The Morgan fingerprint density at radius 3 is 2.32 bits per heavy atom. The monoisotopic (exact) mass is 342 g/mol. The molecule has 3 rings (SSSR count). The molecule has 2 aromatic carbocycles. The number of para-hydroxylation sites is 2. The molecule has 2 N–H and O–H groups in total. The number of aliphatic hydroxyl groups is 1. The van der Waals surface area contributed by atoms with Crippen molar-refractivity contribution < 1.29 is 14.9 Å². The van der Waals surface area contributed by atoms with E-state index in [4.69, 9.17) is 4.74 Å². The Bertz CT molecular complexity index is 642. The number of rotatable bonds is 7. The Labute approximate surface area is 149 Å². The maximum Gasteiger partial charge on any atom is 0.138 e. The minimum absolute atomic E-state index is 0.324. The number of nitrogens with zero attached hydrogens (tertiary/aromatic N) is 2. The van der Waals surface area contributed by atoms with Gasteiger partial charge in [0, 0.05) is 32.7 Å². The number of aliphatic hydroxyl groups excluding tert-OH is 1. The zero-order chi connectivity index (χ0) is 17.5. The maximum atomic E-state index is 10.2. The molecule has 0 bridgehead atoms. The van der Waals surface area contributed by atoms with Gasteiger partial charge in [0.1, 0.15) is 5.75 Å². The van der Waals surface area contributed by atoms with E-state index in [-0.39, 0.29) is 0 Å². The van der Waals surface area contributed by atoms with E-state index in [1.165, 1.54) is 0 Å². The molecule has 25 heavy (non-hydrogen) atoms. The molecule has 0 saturated carbocycles. The van der Waals surface area contributed by atoms with Gasteiger partial charge in [-0.3, -0.25) is 4.90 Å². The van der Waals surface area contributed by atoms with Crippen LogP contribution in [0.1, 0.15) is 5.56 Å². The highest BCUT2D eigenvalue weighted by molar-refractivity contribution is 5.57. The molecular formula is C20H26N2O3. The van der Waals surface area contributed by atoms with Gasteiger partial charge in [-0.25, -0.2) is 0 Å². The highest BCUT2D eigenvalue weighted by Crippen LogP contribution is 2.27. The number of ether oxygens (including phenoxy) is 1. The molecular weight excluding hydrogens is 316 g/mol. The molecule has 0 unspecified atom stereocenters. The van der Waals surface area contributed by atoms with Gasteiger partial charge in [-0.15, -0.1) is 0 Å². The number of aromatic hydroxyl groups is 1. The van der Waals surface area contributed by atoms with Crippen LogP contribution in [0.2, 0.25) is 0 Å². The first-order valence-corrected chi connectivity index (χ1v) is 8.77. The van der Waals surface area contributed by atoms with E-state index in [0.717, 1.165) is 37.4 Å². The third kappa shape index (κ3) is 5.19. The molecule has 1 aliphatic rings. The van der Waals surface area contributed by atoms with Gasteiger partial charge in [-0.05, 0) is 17.7 Å². The van der Waals surface area contributed by atoms with Crippen LogP contribution in [0.4, 0.5) is 5.69 Å². The molecule has 2 aromatic rings. The summed E-state index contributed by atoms with van der Waals surface area (Å²) in [5, 5.41) is 20.1. The van der Waals surface area contributed by atoms with Crippen molar-refractivity contribution in [3.63, 3.8) is 0 Å². The van der Waals surface area contributed by atoms with E-state index in [0.29, 0.717) is 25.5 Å². The number of phenolic OH excluding ortho intramolecular Hbond substituents is 1. The third-order valence-corrected chi connectivity index (χ3v) is 4.49. The fourth-order valence-corrected chi connectivity index (χ4v) is 3.14. The molecule has 0 aliphatic carbocycles. The Morgan fingerprint density at radius 1 is 0.920 bits per heavy atom.